The van der Waals surface area contributed by atoms with E-state index in [4.69, 9.17) is 4.12 Å². The molecular weight excluding hydrogens is 360 g/mol. The maximum atomic E-state index is 7.77. The van der Waals surface area contributed by atoms with Crippen molar-refractivity contribution in [3.63, 3.8) is 0 Å². The van der Waals surface area contributed by atoms with E-state index in [1.807, 2.05) is 0 Å². The van der Waals surface area contributed by atoms with Gasteiger partial charge in [-0.3, -0.25) is 0 Å². The van der Waals surface area contributed by atoms with Crippen LogP contribution in [0.5, 0.6) is 0 Å². The minimum Gasteiger partial charge on any atom is -0.455 e. The molecule has 0 fully saturated rings. The maximum Gasteiger partial charge on any atom is 0.180 e. The highest BCUT2D eigenvalue weighted by Gasteiger charge is 2.46. The lowest BCUT2D eigenvalue weighted by atomic mass is 10.2. The Balaban J connectivity index is 6.14. The van der Waals surface area contributed by atoms with E-state index in [1.54, 1.807) is 0 Å². The van der Waals surface area contributed by atoms with Gasteiger partial charge in [-0.25, -0.2) is 0 Å². The van der Waals surface area contributed by atoms with E-state index in [0.29, 0.717) is 0 Å². The molecule has 0 N–H and O–H groups in total. The molecule has 0 aromatic rings. The molecule has 0 saturated heterocycles. The molecule has 0 atom stereocenters. The van der Waals surface area contributed by atoms with Crippen LogP contribution >= 0.6 is 0 Å². The van der Waals surface area contributed by atoms with Crippen molar-refractivity contribution in [3.8, 4) is 0 Å². The van der Waals surface area contributed by atoms with Crippen molar-refractivity contribution in [1.29, 1.82) is 0 Å². The Hall–Kier alpha value is 0.394. The van der Waals surface area contributed by atoms with Crippen molar-refractivity contribution in [2.75, 3.05) is 0 Å². The summed E-state index contributed by atoms with van der Waals surface area (Å²) in [7, 11) is -3.52. The third-order valence-electron chi connectivity index (χ3n) is 5.11. The Morgan fingerprint density at radius 3 is 0.630 bits per heavy atom. The molecule has 1 nitrogen and oxygen atoms in total. The van der Waals surface area contributed by atoms with Gasteiger partial charge in [-0.05, 0) is 71.8 Å². The molecule has 0 amide bonds. The average molecular weight is 415 g/mol. The molecule has 0 radical (unpaired) electrons. The molecule has 164 valence electrons. The van der Waals surface area contributed by atoms with Crippen LogP contribution in [0, 0.1) is 35.5 Å². The normalized spacial score (nSPS) is 14.0. The van der Waals surface area contributed by atoms with E-state index in [0.717, 1.165) is 35.5 Å². The number of rotatable bonds is 14. The van der Waals surface area contributed by atoms with Gasteiger partial charge in [0, 0.05) is 0 Å². The second-order valence-corrected chi connectivity index (χ2v) is 20.1. The number of hydrogen-bond acceptors (Lipinski definition) is 1. The zero-order chi connectivity index (χ0) is 21.4. The summed E-state index contributed by atoms with van der Waals surface area (Å²) in [5.74, 6) is 4.49. The van der Waals surface area contributed by atoms with Crippen LogP contribution in [-0.4, -0.2) is 16.6 Å². The first-order valence-corrected chi connectivity index (χ1v) is 17.0. The molecule has 0 aliphatic heterocycles. The largest absolute Gasteiger partial charge is 0.455 e. The molecule has 0 heterocycles. The first-order valence-electron chi connectivity index (χ1n) is 11.9. The van der Waals surface area contributed by atoms with Gasteiger partial charge in [0.2, 0.25) is 0 Å². The fourth-order valence-electron chi connectivity index (χ4n) is 5.67. The smallest absolute Gasteiger partial charge is 0.180 e. The molecular formula is C24H54OSi2. The zero-order valence-electron chi connectivity index (χ0n) is 21.1. The lowest BCUT2D eigenvalue weighted by molar-refractivity contribution is 0.428. The maximum absolute atomic E-state index is 7.77. The summed E-state index contributed by atoms with van der Waals surface area (Å²) in [6.07, 6.45) is 0. The quantitative estimate of drug-likeness (QED) is 0.258. The predicted octanol–water partition coefficient (Wildman–Crippen LogP) is 8.83. The monoisotopic (exact) mass is 414 g/mol. The Kier molecular flexibility index (Phi) is 12.3. The molecule has 0 bridgehead atoms. The summed E-state index contributed by atoms with van der Waals surface area (Å²) in [6, 6.07) is 8.12. The number of hydrogen-bond donors (Lipinski definition) is 0. The van der Waals surface area contributed by atoms with Gasteiger partial charge >= 0.3 is 0 Å². The zero-order valence-corrected chi connectivity index (χ0v) is 23.1. The summed E-state index contributed by atoms with van der Waals surface area (Å²) in [5, 5.41) is 0. The van der Waals surface area contributed by atoms with Crippen LogP contribution in [0.25, 0.3) is 0 Å². The fraction of sp³-hybridized carbons (Fsp3) is 1.00. The Labute approximate surface area is 175 Å². The molecule has 0 aliphatic rings. The molecule has 0 aliphatic carbocycles. The van der Waals surface area contributed by atoms with Crippen LogP contribution in [0.3, 0.4) is 0 Å². The van der Waals surface area contributed by atoms with Gasteiger partial charge in [-0.2, -0.15) is 0 Å². The first-order chi connectivity index (χ1) is 12.2. The van der Waals surface area contributed by atoms with Gasteiger partial charge in [-0.1, -0.05) is 83.1 Å². The molecule has 27 heavy (non-hydrogen) atoms. The van der Waals surface area contributed by atoms with Crippen LogP contribution in [0.1, 0.15) is 83.1 Å². The summed E-state index contributed by atoms with van der Waals surface area (Å²) >= 11 is 0. The Bertz CT molecular complexity index is 297. The lowest BCUT2D eigenvalue weighted by Gasteiger charge is -2.47. The van der Waals surface area contributed by atoms with Crippen molar-refractivity contribution >= 4 is 16.6 Å². The average Bonchev–Trinajstić information content (AvgIpc) is 2.30. The molecule has 3 heteroatoms. The van der Waals surface area contributed by atoms with Crippen molar-refractivity contribution in [2.24, 2.45) is 35.5 Å². The Morgan fingerprint density at radius 1 is 0.370 bits per heavy atom. The topological polar surface area (TPSA) is 9.23 Å². The SMILES string of the molecule is CC(C)C[Si](CC(C)C)(CC(C)C)O[Si](CC(C)C)(CC(C)C)CC(C)C. The van der Waals surface area contributed by atoms with Crippen LogP contribution in [0.2, 0.25) is 36.3 Å². The van der Waals surface area contributed by atoms with Crippen molar-refractivity contribution in [3.05, 3.63) is 0 Å². The van der Waals surface area contributed by atoms with Gasteiger partial charge in [0.15, 0.2) is 16.6 Å². The van der Waals surface area contributed by atoms with Gasteiger partial charge in [0.1, 0.15) is 0 Å². The molecule has 0 rings (SSSR count). The van der Waals surface area contributed by atoms with Crippen molar-refractivity contribution in [1.82, 2.24) is 0 Å². The summed E-state index contributed by atoms with van der Waals surface area (Å²) < 4.78 is 7.77. The van der Waals surface area contributed by atoms with E-state index in [-0.39, 0.29) is 0 Å². The van der Waals surface area contributed by atoms with E-state index < -0.39 is 16.6 Å². The van der Waals surface area contributed by atoms with Gasteiger partial charge in [0.05, 0.1) is 0 Å². The van der Waals surface area contributed by atoms with E-state index >= 15 is 0 Å². The van der Waals surface area contributed by atoms with Crippen molar-refractivity contribution in [2.45, 2.75) is 119 Å². The fourth-order valence-corrected chi connectivity index (χ4v) is 21.3. The molecule has 0 aromatic carbocycles. The second kappa shape index (κ2) is 12.2. The summed E-state index contributed by atoms with van der Waals surface area (Å²) in [5.41, 5.74) is 0. The predicted molar refractivity (Wildman–Crippen MR) is 130 cm³/mol. The summed E-state index contributed by atoms with van der Waals surface area (Å²) in [4.78, 5) is 0. The third kappa shape index (κ3) is 11.9. The highest BCUT2D eigenvalue weighted by molar-refractivity contribution is 6.87. The minimum atomic E-state index is -1.76. The van der Waals surface area contributed by atoms with Gasteiger partial charge in [-0.15, -0.1) is 0 Å². The molecule has 0 aromatic heterocycles. The van der Waals surface area contributed by atoms with E-state index in [1.165, 1.54) is 36.3 Å². The van der Waals surface area contributed by atoms with Crippen LogP contribution in [0.4, 0.5) is 0 Å². The lowest BCUT2D eigenvalue weighted by Crippen LogP contribution is -2.55. The van der Waals surface area contributed by atoms with Gasteiger partial charge < -0.3 is 4.12 Å². The Morgan fingerprint density at radius 2 is 0.519 bits per heavy atom. The molecule has 0 saturated carbocycles. The van der Waals surface area contributed by atoms with Gasteiger partial charge in [0.25, 0.3) is 0 Å². The van der Waals surface area contributed by atoms with E-state index in [9.17, 15) is 0 Å². The summed E-state index contributed by atoms with van der Waals surface area (Å²) in [6.45, 7) is 29.0. The minimum absolute atomic E-state index is 0.748. The second-order valence-electron chi connectivity index (χ2n) is 12.1. The highest BCUT2D eigenvalue weighted by Crippen LogP contribution is 2.42. The van der Waals surface area contributed by atoms with Crippen LogP contribution < -0.4 is 0 Å². The van der Waals surface area contributed by atoms with Crippen LogP contribution in [0.15, 0.2) is 0 Å². The van der Waals surface area contributed by atoms with E-state index in [2.05, 4.69) is 83.1 Å². The molecule has 0 unspecified atom stereocenters. The van der Waals surface area contributed by atoms with Crippen LogP contribution in [-0.2, 0) is 4.12 Å². The third-order valence-corrected chi connectivity index (χ3v) is 17.9. The van der Waals surface area contributed by atoms with Crippen molar-refractivity contribution < 1.29 is 4.12 Å². The highest BCUT2D eigenvalue weighted by atomic mass is 28.4. The molecule has 0 spiro atoms. The standard InChI is InChI=1S/C24H54OSi2/c1-19(2)13-26(14-20(3)4,15-21(5)6)25-27(16-22(7)8,17-23(9)10)18-24(11)12/h19-24H,13-18H2,1-12H3. The first kappa shape index (κ1) is 27.4.